The quantitative estimate of drug-likeness (QED) is 0.244. The number of aliphatic carboxylic acids is 1. The Labute approximate surface area is 238 Å². The van der Waals surface area contributed by atoms with Crippen LogP contribution in [0.1, 0.15) is 73.8 Å². The van der Waals surface area contributed by atoms with Crippen molar-refractivity contribution >= 4 is 17.7 Å². The molecule has 4 nitrogen and oxygen atoms in total. The first-order chi connectivity index (χ1) is 18.8. The van der Waals surface area contributed by atoms with Gasteiger partial charge in [0.05, 0.1) is 13.0 Å². The molecule has 3 unspecified atom stereocenters. The van der Waals surface area contributed by atoms with Crippen molar-refractivity contribution < 1.29 is 19.4 Å². The third-order valence-corrected chi connectivity index (χ3v) is 8.81. The number of carbonyl (C=O) groups is 1. The second-order valence-electron chi connectivity index (χ2n) is 10.8. The van der Waals surface area contributed by atoms with Crippen LogP contribution in [0.5, 0.6) is 11.5 Å². The number of fused-ring (bicyclic) bond motifs is 3. The third kappa shape index (κ3) is 6.30. The number of ether oxygens (including phenoxy) is 2. The maximum atomic E-state index is 11.4. The van der Waals surface area contributed by atoms with Crippen LogP contribution in [0.25, 0.3) is 11.1 Å². The number of benzene rings is 3. The fourth-order valence-corrected chi connectivity index (χ4v) is 6.64. The molecular weight excluding hydrogens is 504 g/mol. The van der Waals surface area contributed by atoms with Gasteiger partial charge in [-0.1, -0.05) is 45.0 Å². The minimum Gasteiger partial charge on any atom is -0.494 e. The van der Waals surface area contributed by atoms with E-state index >= 15 is 0 Å². The summed E-state index contributed by atoms with van der Waals surface area (Å²) >= 11 is 1.85. The lowest BCUT2D eigenvalue weighted by Gasteiger charge is -2.16. The summed E-state index contributed by atoms with van der Waals surface area (Å²) in [5.41, 5.74) is 8.54. The Hall–Kier alpha value is -2.92. The van der Waals surface area contributed by atoms with Crippen LogP contribution in [-0.2, 0) is 16.8 Å². The van der Waals surface area contributed by atoms with E-state index in [4.69, 9.17) is 9.47 Å². The molecule has 1 saturated carbocycles. The zero-order valence-electron chi connectivity index (χ0n) is 24.2. The highest BCUT2D eigenvalue weighted by Gasteiger charge is 2.61. The Morgan fingerprint density at radius 1 is 1.03 bits per heavy atom. The molecule has 5 heteroatoms. The van der Waals surface area contributed by atoms with Gasteiger partial charge in [-0.25, -0.2) is 0 Å². The monoisotopic (exact) mass is 546 g/mol. The summed E-state index contributed by atoms with van der Waals surface area (Å²) in [4.78, 5) is 11.4. The van der Waals surface area contributed by atoms with Crippen LogP contribution < -0.4 is 9.47 Å². The average Bonchev–Trinajstić information content (AvgIpc) is 3.56. The molecule has 39 heavy (non-hydrogen) atoms. The van der Waals surface area contributed by atoms with E-state index in [1.807, 2.05) is 31.7 Å². The first kappa shape index (κ1) is 29.1. The molecule has 0 heterocycles. The van der Waals surface area contributed by atoms with Crippen LogP contribution in [-0.4, -0.2) is 29.7 Å². The van der Waals surface area contributed by atoms with Crippen molar-refractivity contribution in [2.75, 3.05) is 18.6 Å². The molecule has 1 fully saturated rings. The van der Waals surface area contributed by atoms with Crippen LogP contribution in [0.4, 0.5) is 0 Å². The van der Waals surface area contributed by atoms with E-state index < -0.39 is 5.97 Å². The van der Waals surface area contributed by atoms with Gasteiger partial charge in [-0.2, -0.15) is 11.8 Å². The zero-order valence-corrected chi connectivity index (χ0v) is 25.0. The van der Waals surface area contributed by atoms with Gasteiger partial charge in [0.15, 0.2) is 0 Å². The highest BCUT2D eigenvalue weighted by Crippen LogP contribution is 2.68. The van der Waals surface area contributed by atoms with Gasteiger partial charge in [-0.3, -0.25) is 4.79 Å². The smallest absolute Gasteiger partial charge is 0.303 e. The van der Waals surface area contributed by atoms with Crippen LogP contribution in [0.15, 0.2) is 54.6 Å². The summed E-state index contributed by atoms with van der Waals surface area (Å²) in [6.07, 6.45) is 4.46. The predicted molar refractivity (Wildman–Crippen MR) is 162 cm³/mol. The van der Waals surface area contributed by atoms with Crippen molar-refractivity contribution in [3.8, 4) is 22.6 Å². The molecule has 0 aliphatic heterocycles. The van der Waals surface area contributed by atoms with Crippen molar-refractivity contribution in [1.82, 2.24) is 0 Å². The molecule has 0 bridgehead atoms. The lowest BCUT2D eigenvalue weighted by molar-refractivity contribution is -0.137. The normalized spacial score (nSPS) is 20.4. The second-order valence-corrected chi connectivity index (χ2v) is 11.8. The van der Waals surface area contributed by atoms with Gasteiger partial charge in [-0.05, 0) is 125 Å². The maximum absolute atomic E-state index is 11.4. The molecule has 0 aromatic heterocycles. The van der Waals surface area contributed by atoms with Crippen molar-refractivity contribution in [3.63, 3.8) is 0 Å². The van der Waals surface area contributed by atoms with Crippen LogP contribution in [0.3, 0.4) is 0 Å². The maximum Gasteiger partial charge on any atom is 0.303 e. The number of carboxylic acids is 1. The number of rotatable bonds is 11. The van der Waals surface area contributed by atoms with E-state index in [0.717, 1.165) is 42.3 Å². The molecule has 3 aromatic rings. The van der Waals surface area contributed by atoms with Gasteiger partial charge < -0.3 is 14.6 Å². The van der Waals surface area contributed by atoms with Gasteiger partial charge in [-0.15, -0.1) is 0 Å². The molecule has 0 saturated heterocycles. The van der Waals surface area contributed by atoms with Crippen LogP contribution in [0, 0.1) is 19.8 Å². The first-order valence-electron chi connectivity index (χ1n) is 14.1. The van der Waals surface area contributed by atoms with Crippen LogP contribution >= 0.6 is 11.8 Å². The third-order valence-electron chi connectivity index (χ3n) is 8.11. The fourth-order valence-electron chi connectivity index (χ4n) is 6.23. The average molecular weight is 547 g/mol. The Morgan fingerprint density at radius 2 is 1.77 bits per heavy atom. The summed E-state index contributed by atoms with van der Waals surface area (Å²) < 4.78 is 12.2. The van der Waals surface area contributed by atoms with Crippen molar-refractivity contribution in [3.05, 3.63) is 82.4 Å². The molecule has 1 N–H and O–H groups in total. The molecule has 0 amide bonds. The van der Waals surface area contributed by atoms with E-state index in [1.165, 1.54) is 33.4 Å². The fraction of sp³-hybridized carbons (Fsp3) is 0.441. The molecule has 0 spiro atoms. The zero-order chi connectivity index (χ0) is 28.2. The Balaban J connectivity index is 0.00000172. The summed E-state index contributed by atoms with van der Waals surface area (Å²) in [7, 11) is 0. The second kappa shape index (κ2) is 12.5. The lowest BCUT2D eigenvalue weighted by atomic mass is 9.92. The van der Waals surface area contributed by atoms with Gasteiger partial charge >= 0.3 is 5.97 Å². The predicted octanol–water partition coefficient (Wildman–Crippen LogP) is 8.56. The Bertz CT molecular complexity index is 1290. The Kier molecular flexibility index (Phi) is 9.32. The molecule has 3 atom stereocenters. The van der Waals surface area contributed by atoms with Crippen LogP contribution in [0.2, 0.25) is 0 Å². The molecular formula is C34H42O4S. The molecule has 2 aliphatic carbocycles. The number of thioether (sulfide) groups is 1. The van der Waals surface area contributed by atoms with E-state index in [2.05, 4.69) is 75.6 Å². The van der Waals surface area contributed by atoms with E-state index in [9.17, 15) is 9.90 Å². The number of carboxylic acid groups (broad SMARTS) is 1. The highest BCUT2D eigenvalue weighted by molar-refractivity contribution is 7.98. The van der Waals surface area contributed by atoms with Gasteiger partial charge in [0.2, 0.25) is 0 Å². The van der Waals surface area contributed by atoms with Gasteiger partial charge in [0.1, 0.15) is 18.1 Å². The Morgan fingerprint density at radius 3 is 2.46 bits per heavy atom. The summed E-state index contributed by atoms with van der Waals surface area (Å²) in [6, 6.07) is 19.1. The van der Waals surface area contributed by atoms with Gasteiger partial charge in [0, 0.05) is 0 Å². The lowest BCUT2D eigenvalue weighted by Crippen LogP contribution is -2.06. The summed E-state index contributed by atoms with van der Waals surface area (Å²) in [5.74, 6) is 2.76. The molecule has 0 radical (unpaired) electrons. The van der Waals surface area contributed by atoms with E-state index in [1.54, 1.807) is 0 Å². The van der Waals surface area contributed by atoms with Gasteiger partial charge in [0.25, 0.3) is 0 Å². The number of hydrogen-bond donors (Lipinski definition) is 1. The standard InChI is InChI=1S/C32H36O4S.C2H6/c1-20-13-25(35-11-6-12-37-4)14-21(2)31(20)23-8-5-7-22(15-23)19-36-24-9-10-26-27(17-30(33)34)29-18-32(29,3)28(26)16-24;1-2/h5,7-10,13-16,27,29H,6,11-12,17-19H2,1-4H3,(H,33,34);1-2H3. The van der Waals surface area contributed by atoms with Crippen molar-refractivity contribution in [1.29, 1.82) is 0 Å². The SMILES string of the molecule is CC.CSCCCOc1cc(C)c(-c2cccc(COc3ccc4c(c3)C3(C)CC3C4CC(=O)O)c2)c(C)c1. The molecule has 5 rings (SSSR count). The first-order valence-corrected chi connectivity index (χ1v) is 15.5. The van der Waals surface area contributed by atoms with E-state index in [0.29, 0.717) is 12.5 Å². The van der Waals surface area contributed by atoms with Crippen molar-refractivity contribution in [2.45, 2.75) is 71.8 Å². The minimum absolute atomic E-state index is 0.106. The van der Waals surface area contributed by atoms with Crippen molar-refractivity contribution in [2.24, 2.45) is 5.92 Å². The highest BCUT2D eigenvalue weighted by atomic mass is 32.2. The minimum atomic E-state index is -0.717. The topological polar surface area (TPSA) is 55.8 Å². The largest absolute Gasteiger partial charge is 0.494 e. The molecule has 208 valence electrons. The number of aryl methyl sites for hydroxylation is 2. The summed E-state index contributed by atoms with van der Waals surface area (Å²) in [6.45, 7) is 11.8. The van der Waals surface area contributed by atoms with E-state index in [-0.39, 0.29) is 17.8 Å². The molecule has 2 aliphatic rings. The molecule has 3 aromatic carbocycles. The number of hydrogen-bond acceptors (Lipinski definition) is 4. The summed E-state index contributed by atoms with van der Waals surface area (Å²) in [5, 5.41) is 9.36.